The molecule has 0 saturated heterocycles. The molecule has 1 saturated carbocycles. The zero-order valence-electron chi connectivity index (χ0n) is 7.69. The molecular formula is C11H18. The van der Waals surface area contributed by atoms with Gasteiger partial charge in [0.25, 0.3) is 0 Å². The molecule has 0 atom stereocenters. The third-order valence-electron chi connectivity index (χ3n) is 2.18. The van der Waals surface area contributed by atoms with E-state index in [9.17, 15) is 0 Å². The summed E-state index contributed by atoms with van der Waals surface area (Å²) < 4.78 is 0. The Labute approximate surface area is 70.0 Å². The van der Waals surface area contributed by atoms with Crippen molar-refractivity contribution in [2.24, 2.45) is 5.41 Å². The summed E-state index contributed by atoms with van der Waals surface area (Å²) in [5.41, 5.74) is 2.08. The molecule has 0 amide bonds. The third-order valence-corrected chi connectivity index (χ3v) is 2.18. The van der Waals surface area contributed by atoms with Crippen LogP contribution in [0.15, 0.2) is 24.3 Å². The van der Waals surface area contributed by atoms with Gasteiger partial charge in [-0.3, -0.25) is 0 Å². The molecule has 1 rings (SSSR count). The van der Waals surface area contributed by atoms with Crippen molar-refractivity contribution >= 4 is 0 Å². The van der Waals surface area contributed by atoms with E-state index in [-0.39, 0.29) is 0 Å². The maximum Gasteiger partial charge on any atom is -0.0283 e. The van der Waals surface area contributed by atoms with Crippen molar-refractivity contribution in [3.63, 3.8) is 0 Å². The Morgan fingerprint density at radius 3 is 2.45 bits per heavy atom. The van der Waals surface area contributed by atoms with E-state index in [4.69, 9.17) is 0 Å². The Balaban J connectivity index is 2.31. The van der Waals surface area contributed by atoms with E-state index >= 15 is 0 Å². The summed E-state index contributed by atoms with van der Waals surface area (Å²) >= 11 is 0. The van der Waals surface area contributed by atoms with Crippen LogP contribution in [0.1, 0.15) is 39.5 Å². The molecule has 0 N–H and O–H groups in total. The van der Waals surface area contributed by atoms with Crippen molar-refractivity contribution in [3.05, 3.63) is 24.3 Å². The van der Waals surface area contributed by atoms with Crippen LogP contribution >= 0.6 is 0 Å². The topological polar surface area (TPSA) is 0 Å². The molecule has 1 fully saturated rings. The van der Waals surface area contributed by atoms with E-state index in [1.165, 1.54) is 19.3 Å². The van der Waals surface area contributed by atoms with E-state index in [1.807, 2.05) is 6.08 Å². The molecule has 0 heterocycles. The molecule has 0 unspecified atom stereocenters. The summed E-state index contributed by atoms with van der Waals surface area (Å²) in [4.78, 5) is 0. The molecule has 0 aromatic carbocycles. The highest BCUT2D eigenvalue weighted by atomic mass is 14.2. The normalized spacial score (nSPS) is 16.4. The Hall–Kier alpha value is -0.520. The predicted octanol–water partition coefficient (Wildman–Crippen LogP) is 3.70. The molecule has 0 aromatic heterocycles. The van der Waals surface area contributed by atoms with Crippen LogP contribution in [0.2, 0.25) is 0 Å². The van der Waals surface area contributed by atoms with Gasteiger partial charge in [0.1, 0.15) is 0 Å². The standard InChI is InChI=1S/C11H18/c1-4-8-11(2,3)9-7-10-5-6-10/h4,7H,1,5-6,8-9H2,2-3H3. The van der Waals surface area contributed by atoms with Crippen molar-refractivity contribution in [2.45, 2.75) is 39.5 Å². The fourth-order valence-corrected chi connectivity index (χ4v) is 1.17. The van der Waals surface area contributed by atoms with E-state index in [0.29, 0.717) is 5.41 Å². The van der Waals surface area contributed by atoms with Crippen molar-refractivity contribution in [3.8, 4) is 0 Å². The van der Waals surface area contributed by atoms with Gasteiger partial charge in [0.2, 0.25) is 0 Å². The summed E-state index contributed by atoms with van der Waals surface area (Å²) in [6.45, 7) is 8.37. The summed E-state index contributed by atoms with van der Waals surface area (Å²) in [6, 6.07) is 0. The molecule has 11 heavy (non-hydrogen) atoms. The third kappa shape index (κ3) is 3.41. The molecule has 0 aromatic rings. The van der Waals surface area contributed by atoms with Crippen molar-refractivity contribution < 1.29 is 0 Å². The van der Waals surface area contributed by atoms with Crippen LogP contribution in [0.5, 0.6) is 0 Å². The average Bonchev–Trinajstić information content (AvgIpc) is 2.65. The van der Waals surface area contributed by atoms with E-state index in [2.05, 4.69) is 26.5 Å². The minimum absolute atomic E-state index is 0.428. The largest absolute Gasteiger partial charge is 0.103 e. The van der Waals surface area contributed by atoms with Gasteiger partial charge in [-0.2, -0.15) is 0 Å². The second kappa shape index (κ2) is 3.25. The zero-order valence-corrected chi connectivity index (χ0v) is 7.69. The number of rotatable bonds is 4. The second-order valence-corrected chi connectivity index (χ2v) is 4.22. The van der Waals surface area contributed by atoms with Gasteiger partial charge in [-0.05, 0) is 31.1 Å². The highest BCUT2D eigenvalue weighted by Crippen LogP contribution is 2.33. The molecular weight excluding hydrogens is 132 g/mol. The fourth-order valence-electron chi connectivity index (χ4n) is 1.17. The SMILES string of the molecule is C=CCC(C)(C)CC=C1CC1. The maximum absolute atomic E-state index is 3.77. The van der Waals surface area contributed by atoms with Gasteiger partial charge < -0.3 is 0 Å². The number of hydrogen-bond acceptors (Lipinski definition) is 0. The van der Waals surface area contributed by atoms with Gasteiger partial charge in [0, 0.05) is 0 Å². The van der Waals surface area contributed by atoms with Crippen LogP contribution in [-0.2, 0) is 0 Å². The maximum atomic E-state index is 3.77. The number of allylic oxidation sites excluding steroid dienone is 3. The van der Waals surface area contributed by atoms with Gasteiger partial charge in [0.05, 0.1) is 0 Å². The van der Waals surface area contributed by atoms with Crippen LogP contribution in [0, 0.1) is 5.41 Å². The van der Waals surface area contributed by atoms with E-state index in [1.54, 1.807) is 5.57 Å². The molecule has 62 valence electrons. The zero-order chi connectivity index (χ0) is 8.32. The Morgan fingerprint density at radius 1 is 1.36 bits per heavy atom. The minimum Gasteiger partial charge on any atom is -0.103 e. The lowest BCUT2D eigenvalue weighted by atomic mass is 9.85. The first-order valence-corrected chi connectivity index (χ1v) is 4.43. The molecule has 0 radical (unpaired) electrons. The molecule has 1 aliphatic rings. The summed E-state index contributed by atoms with van der Waals surface area (Å²) in [6.07, 6.45) is 9.47. The first kappa shape index (κ1) is 8.58. The van der Waals surface area contributed by atoms with Crippen LogP contribution in [0.3, 0.4) is 0 Å². The van der Waals surface area contributed by atoms with E-state index in [0.717, 1.165) is 6.42 Å². The molecule has 0 spiro atoms. The minimum atomic E-state index is 0.428. The highest BCUT2D eigenvalue weighted by molar-refractivity contribution is 5.16. The van der Waals surface area contributed by atoms with Crippen molar-refractivity contribution in [1.82, 2.24) is 0 Å². The number of hydrogen-bond donors (Lipinski definition) is 0. The van der Waals surface area contributed by atoms with Gasteiger partial charge in [-0.25, -0.2) is 0 Å². The predicted molar refractivity (Wildman–Crippen MR) is 50.5 cm³/mol. The Morgan fingerprint density at radius 2 is 2.00 bits per heavy atom. The lowest BCUT2D eigenvalue weighted by molar-refractivity contribution is 0.377. The van der Waals surface area contributed by atoms with Gasteiger partial charge in [-0.15, -0.1) is 6.58 Å². The molecule has 0 heteroatoms. The highest BCUT2D eigenvalue weighted by Gasteiger charge is 2.16. The summed E-state index contributed by atoms with van der Waals surface area (Å²) in [5.74, 6) is 0. The summed E-state index contributed by atoms with van der Waals surface area (Å²) in [7, 11) is 0. The van der Waals surface area contributed by atoms with Crippen LogP contribution < -0.4 is 0 Å². The summed E-state index contributed by atoms with van der Waals surface area (Å²) in [5, 5.41) is 0. The molecule has 0 aliphatic heterocycles. The lowest BCUT2D eigenvalue weighted by Gasteiger charge is -2.20. The Bertz CT molecular complexity index is 166. The molecule has 0 nitrogen and oxygen atoms in total. The second-order valence-electron chi connectivity index (χ2n) is 4.22. The van der Waals surface area contributed by atoms with Gasteiger partial charge >= 0.3 is 0 Å². The average molecular weight is 150 g/mol. The fraction of sp³-hybridized carbons (Fsp3) is 0.636. The van der Waals surface area contributed by atoms with Gasteiger partial charge in [0.15, 0.2) is 0 Å². The van der Waals surface area contributed by atoms with E-state index < -0.39 is 0 Å². The first-order valence-electron chi connectivity index (χ1n) is 4.43. The van der Waals surface area contributed by atoms with Crippen LogP contribution in [0.4, 0.5) is 0 Å². The smallest absolute Gasteiger partial charge is 0.0283 e. The lowest BCUT2D eigenvalue weighted by Crippen LogP contribution is -2.07. The molecule has 1 aliphatic carbocycles. The van der Waals surface area contributed by atoms with Crippen molar-refractivity contribution in [2.75, 3.05) is 0 Å². The monoisotopic (exact) mass is 150 g/mol. The van der Waals surface area contributed by atoms with Crippen LogP contribution in [-0.4, -0.2) is 0 Å². The Kier molecular flexibility index (Phi) is 2.53. The first-order chi connectivity index (χ1) is 5.14. The molecule has 0 bridgehead atoms. The quantitative estimate of drug-likeness (QED) is 0.536. The van der Waals surface area contributed by atoms with Crippen molar-refractivity contribution in [1.29, 1.82) is 0 Å². The van der Waals surface area contributed by atoms with Gasteiger partial charge in [-0.1, -0.05) is 31.6 Å². The van der Waals surface area contributed by atoms with Crippen LogP contribution in [0.25, 0.3) is 0 Å².